The van der Waals surface area contributed by atoms with Crippen LogP contribution in [0.1, 0.15) is 32.6 Å². The summed E-state index contributed by atoms with van der Waals surface area (Å²) in [5.41, 5.74) is 16.1. The summed E-state index contributed by atoms with van der Waals surface area (Å²) in [7, 11) is 0. The topological polar surface area (TPSA) is 273 Å². The number of nitrogens with one attached hydrogen (secondary N) is 3. The van der Waals surface area contributed by atoms with Crippen molar-refractivity contribution in [2.45, 2.75) is 62.9 Å². The number of aliphatic imine (C=N–C) groups is 1. The number of hydrogen-bond acceptors (Lipinski definition) is 9. The fraction of sp³-hybridized carbons (Fsp3) is 0.667. The number of carboxylic acid groups (broad SMARTS) is 2. The van der Waals surface area contributed by atoms with Gasteiger partial charge in [-0.25, -0.2) is 4.79 Å². The first-order chi connectivity index (χ1) is 15.8. The van der Waals surface area contributed by atoms with Crippen molar-refractivity contribution in [3.8, 4) is 0 Å². The van der Waals surface area contributed by atoms with Crippen LogP contribution in [0.5, 0.6) is 0 Å². The molecule has 0 aromatic heterocycles. The van der Waals surface area contributed by atoms with E-state index in [-0.39, 0.29) is 37.5 Å². The van der Waals surface area contributed by atoms with E-state index >= 15 is 0 Å². The van der Waals surface area contributed by atoms with Gasteiger partial charge in [0.15, 0.2) is 5.96 Å². The summed E-state index contributed by atoms with van der Waals surface area (Å²) in [4.78, 5) is 63.3. The zero-order chi connectivity index (χ0) is 26.4. The van der Waals surface area contributed by atoms with Crippen molar-refractivity contribution in [2.75, 3.05) is 12.3 Å². The zero-order valence-corrected chi connectivity index (χ0v) is 19.5. The summed E-state index contributed by atoms with van der Waals surface area (Å²) in [6.45, 7) is 1.44. The van der Waals surface area contributed by atoms with Crippen LogP contribution in [-0.4, -0.2) is 93.5 Å². The summed E-state index contributed by atoms with van der Waals surface area (Å²) in [6, 6.07) is -5.31. The summed E-state index contributed by atoms with van der Waals surface area (Å²) < 4.78 is 0. The predicted octanol–water partition coefficient (Wildman–Crippen LogP) is -3.92. The number of aliphatic hydroxyl groups is 1. The predicted molar refractivity (Wildman–Crippen MR) is 124 cm³/mol. The highest BCUT2D eigenvalue weighted by atomic mass is 32.1. The van der Waals surface area contributed by atoms with Gasteiger partial charge < -0.3 is 48.5 Å². The molecule has 0 aliphatic heterocycles. The number of carboxylic acids is 2. The molecule has 0 radical (unpaired) electrons. The van der Waals surface area contributed by atoms with Gasteiger partial charge >= 0.3 is 11.9 Å². The molecule has 0 heterocycles. The molecule has 15 nitrogen and oxygen atoms in total. The molecule has 0 saturated heterocycles. The van der Waals surface area contributed by atoms with Gasteiger partial charge in [-0.15, -0.1) is 0 Å². The second-order valence-corrected chi connectivity index (χ2v) is 7.72. The second-order valence-electron chi connectivity index (χ2n) is 7.35. The maximum Gasteiger partial charge on any atom is 0.326 e. The van der Waals surface area contributed by atoms with Crippen LogP contribution in [-0.2, 0) is 24.0 Å². The fourth-order valence-corrected chi connectivity index (χ4v) is 2.78. The Kier molecular flexibility index (Phi) is 14.2. The van der Waals surface area contributed by atoms with Gasteiger partial charge in [-0.2, -0.15) is 12.6 Å². The van der Waals surface area contributed by atoms with E-state index < -0.39 is 66.4 Å². The van der Waals surface area contributed by atoms with E-state index in [1.54, 1.807) is 0 Å². The van der Waals surface area contributed by atoms with Crippen LogP contribution in [0.15, 0.2) is 4.99 Å². The minimum absolute atomic E-state index is 0.0398. The Morgan fingerprint density at radius 3 is 1.91 bits per heavy atom. The lowest BCUT2D eigenvalue weighted by atomic mass is 10.1. The van der Waals surface area contributed by atoms with Crippen LogP contribution < -0.4 is 33.2 Å². The highest BCUT2D eigenvalue weighted by Crippen LogP contribution is 2.04. The molecule has 0 aliphatic carbocycles. The number of guanidine groups is 1. The number of carbonyl (C=O) groups excluding carboxylic acids is 3. The lowest BCUT2D eigenvalue weighted by Crippen LogP contribution is -2.58. The minimum Gasteiger partial charge on any atom is -0.481 e. The third-order valence-corrected chi connectivity index (χ3v) is 4.84. The maximum absolute atomic E-state index is 12.8. The molecule has 0 fully saturated rings. The van der Waals surface area contributed by atoms with Gasteiger partial charge in [0.05, 0.1) is 6.10 Å². The summed E-state index contributed by atoms with van der Waals surface area (Å²) in [6.07, 6.45) is -1.76. The normalized spacial score (nSPS) is 15.1. The number of thiol groups is 1. The SMILES string of the molecule is CC(O)C(N)C(=O)NC(CCCN=C(N)N)C(=O)NC(CS)C(=O)NC(CCC(=O)O)C(=O)O. The molecule has 34 heavy (non-hydrogen) atoms. The largest absolute Gasteiger partial charge is 0.481 e. The van der Waals surface area contributed by atoms with Crippen LogP contribution in [0.2, 0.25) is 0 Å². The number of nitrogens with two attached hydrogens (primary N) is 3. The zero-order valence-electron chi connectivity index (χ0n) is 18.6. The van der Waals surface area contributed by atoms with Gasteiger partial charge in [0.25, 0.3) is 0 Å². The molecule has 5 atom stereocenters. The summed E-state index contributed by atoms with van der Waals surface area (Å²) in [5.74, 6) is -5.61. The molecule has 0 rings (SSSR count). The summed E-state index contributed by atoms with van der Waals surface area (Å²) >= 11 is 3.99. The number of aliphatic carboxylic acids is 2. The maximum atomic E-state index is 12.8. The van der Waals surface area contributed by atoms with E-state index in [2.05, 4.69) is 33.6 Å². The molecular formula is C18H33N7O8S. The van der Waals surface area contributed by atoms with E-state index in [0.717, 1.165) is 0 Å². The number of hydrogen-bond donors (Lipinski definition) is 10. The first-order valence-electron chi connectivity index (χ1n) is 10.3. The molecule has 3 amide bonds. The van der Waals surface area contributed by atoms with Crippen LogP contribution in [0.3, 0.4) is 0 Å². The van der Waals surface area contributed by atoms with Gasteiger partial charge in [0, 0.05) is 18.7 Å². The van der Waals surface area contributed by atoms with Crippen LogP contribution in [0, 0.1) is 0 Å². The Morgan fingerprint density at radius 1 is 0.912 bits per heavy atom. The highest BCUT2D eigenvalue weighted by Gasteiger charge is 2.30. The summed E-state index contributed by atoms with van der Waals surface area (Å²) in [5, 5.41) is 34.3. The molecule has 16 heteroatoms. The monoisotopic (exact) mass is 507 g/mol. The van der Waals surface area contributed by atoms with E-state index in [0.29, 0.717) is 0 Å². The molecule has 0 aromatic carbocycles. The fourth-order valence-electron chi connectivity index (χ4n) is 2.52. The van der Waals surface area contributed by atoms with Gasteiger partial charge in [-0.1, -0.05) is 0 Å². The number of amides is 3. The van der Waals surface area contributed by atoms with Crippen LogP contribution >= 0.6 is 12.6 Å². The Bertz CT molecular complexity index is 761. The molecule has 0 aromatic rings. The Labute approximate surface area is 201 Å². The van der Waals surface area contributed by atoms with Gasteiger partial charge in [0.2, 0.25) is 17.7 Å². The van der Waals surface area contributed by atoms with E-state index in [1.807, 2.05) is 0 Å². The standard InChI is InChI=1S/C18H33N7O8S/c1-8(26)13(19)16(31)23-9(3-2-6-22-18(20)21)14(29)25-11(7-34)15(30)24-10(17(32)33)4-5-12(27)28/h8-11,13,26,34H,2-7,19H2,1H3,(H,23,31)(H,24,30)(H,25,29)(H,27,28)(H,32,33)(H4,20,21,22). The lowest BCUT2D eigenvalue weighted by Gasteiger charge is -2.25. The lowest BCUT2D eigenvalue weighted by molar-refractivity contribution is -0.143. The first-order valence-corrected chi connectivity index (χ1v) is 10.9. The number of carbonyl (C=O) groups is 5. The van der Waals surface area contributed by atoms with Gasteiger partial charge in [0.1, 0.15) is 24.2 Å². The third-order valence-electron chi connectivity index (χ3n) is 4.48. The molecule has 0 aliphatic rings. The quantitative estimate of drug-likeness (QED) is 0.0417. The van der Waals surface area contributed by atoms with Crippen molar-refractivity contribution in [2.24, 2.45) is 22.2 Å². The third kappa shape index (κ3) is 12.2. The Hall–Kier alpha value is -3.11. The number of nitrogens with zero attached hydrogens (tertiary/aromatic N) is 1. The average molecular weight is 508 g/mol. The smallest absolute Gasteiger partial charge is 0.326 e. The molecule has 0 saturated carbocycles. The number of rotatable bonds is 16. The van der Waals surface area contributed by atoms with Gasteiger partial charge in [-0.05, 0) is 26.2 Å². The van der Waals surface area contributed by atoms with Crippen molar-refractivity contribution in [1.82, 2.24) is 16.0 Å². The van der Waals surface area contributed by atoms with E-state index in [1.165, 1.54) is 6.92 Å². The molecule has 0 bridgehead atoms. The first kappa shape index (κ1) is 30.9. The number of aliphatic hydroxyl groups excluding tert-OH is 1. The molecule has 5 unspecified atom stereocenters. The van der Waals surface area contributed by atoms with E-state index in [9.17, 15) is 34.2 Å². The molecule has 194 valence electrons. The van der Waals surface area contributed by atoms with Crippen LogP contribution in [0.25, 0.3) is 0 Å². The van der Waals surface area contributed by atoms with Crippen molar-refractivity contribution >= 4 is 48.2 Å². The van der Waals surface area contributed by atoms with Crippen molar-refractivity contribution < 1.29 is 39.3 Å². The van der Waals surface area contributed by atoms with Crippen molar-refractivity contribution in [1.29, 1.82) is 0 Å². The Morgan fingerprint density at radius 2 is 1.44 bits per heavy atom. The second kappa shape index (κ2) is 15.7. The molecule has 0 spiro atoms. The molecule has 12 N–H and O–H groups in total. The Balaban J connectivity index is 5.35. The average Bonchev–Trinajstić information content (AvgIpc) is 2.75. The van der Waals surface area contributed by atoms with Crippen LogP contribution in [0.4, 0.5) is 0 Å². The van der Waals surface area contributed by atoms with Crippen molar-refractivity contribution in [3.63, 3.8) is 0 Å². The van der Waals surface area contributed by atoms with E-state index in [4.69, 9.17) is 22.3 Å². The minimum atomic E-state index is -1.50. The van der Waals surface area contributed by atoms with Crippen molar-refractivity contribution in [3.05, 3.63) is 0 Å². The molecular weight excluding hydrogens is 474 g/mol. The highest BCUT2D eigenvalue weighted by molar-refractivity contribution is 7.80. The van der Waals surface area contributed by atoms with Gasteiger partial charge in [-0.3, -0.25) is 24.2 Å².